The van der Waals surface area contributed by atoms with Crippen molar-refractivity contribution in [2.75, 3.05) is 4.90 Å². The van der Waals surface area contributed by atoms with Gasteiger partial charge in [-0.25, -0.2) is 9.97 Å². The molecule has 5 rings (SSSR count). The third-order valence-electron chi connectivity index (χ3n) is 6.09. The van der Waals surface area contributed by atoms with Crippen molar-refractivity contribution in [3.63, 3.8) is 0 Å². The van der Waals surface area contributed by atoms with Crippen LogP contribution < -0.4 is 4.90 Å². The summed E-state index contributed by atoms with van der Waals surface area (Å²) >= 11 is 0. The Bertz CT molecular complexity index is 1680. The van der Waals surface area contributed by atoms with Gasteiger partial charge in [-0.05, 0) is 65.9 Å². The van der Waals surface area contributed by atoms with Gasteiger partial charge in [0.15, 0.2) is 5.82 Å². The van der Waals surface area contributed by atoms with Gasteiger partial charge >= 0.3 is 0 Å². The molecule has 204 valence electrons. The van der Waals surface area contributed by atoms with Gasteiger partial charge < -0.3 is 4.57 Å². The third-order valence-corrected chi connectivity index (χ3v) is 6.09. The van der Waals surface area contributed by atoms with Crippen LogP contribution in [-0.2, 0) is 13.5 Å². The molecule has 4 aromatic heterocycles. The number of para-hydroxylation sites is 1. The zero-order valence-corrected chi connectivity index (χ0v) is 22.3. The van der Waals surface area contributed by atoms with E-state index < -0.39 is 23.8 Å². The Hall–Kier alpha value is -4.60. The van der Waals surface area contributed by atoms with E-state index in [2.05, 4.69) is 35.7 Å². The summed E-state index contributed by atoms with van der Waals surface area (Å²) in [5.41, 5.74) is 1.78. The SMILES string of the molecule is Cn1cc(N(c2ccccc2)c2cc(CC(C)(C)C)cc(-c3ccc(F)nc3F)n2)nc1-c1ccc(F)nc1F. The van der Waals surface area contributed by atoms with E-state index >= 15 is 0 Å². The molecular weight excluding hydrogens is 520 g/mol. The van der Waals surface area contributed by atoms with Crippen LogP contribution in [0.25, 0.3) is 22.6 Å². The van der Waals surface area contributed by atoms with Crippen molar-refractivity contribution >= 4 is 17.3 Å². The van der Waals surface area contributed by atoms with E-state index in [1.54, 1.807) is 28.8 Å². The van der Waals surface area contributed by atoms with Gasteiger partial charge in [-0.15, -0.1) is 0 Å². The Kier molecular flexibility index (Phi) is 7.10. The van der Waals surface area contributed by atoms with E-state index in [1.807, 2.05) is 36.4 Å². The first-order chi connectivity index (χ1) is 19.0. The fourth-order valence-electron chi connectivity index (χ4n) is 4.49. The Morgan fingerprint density at radius 1 is 0.725 bits per heavy atom. The van der Waals surface area contributed by atoms with Crippen molar-refractivity contribution < 1.29 is 17.6 Å². The quantitative estimate of drug-likeness (QED) is 0.163. The van der Waals surface area contributed by atoms with Crippen molar-refractivity contribution in [3.8, 4) is 22.6 Å². The summed E-state index contributed by atoms with van der Waals surface area (Å²) in [7, 11) is 1.69. The van der Waals surface area contributed by atoms with Crippen LogP contribution in [0, 0.1) is 29.2 Å². The molecule has 0 aliphatic rings. The average molecular weight is 547 g/mol. The largest absolute Gasteiger partial charge is 0.332 e. The highest BCUT2D eigenvalue weighted by molar-refractivity contribution is 5.76. The van der Waals surface area contributed by atoms with Crippen LogP contribution in [0.2, 0.25) is 0 Å². The maximum atomic E-state index is 14.8. The van der Waals surface area contributed by atoms with Crippen molar-refractivity contribution in [1.82, 2.24) is 24.5 Å². The number of pyridine rings is 3. The molecule has 10 heteroatoms. The summed E-state index contributed by atoms with van der Waals surface area (Å²) in [6.07, 6.45) is 2.32. The molecule has 0 bridgehead atoms. The van der Waals surface area contributed by atoms with Crippen LogP contribution >= 0.6 is 0 Å². The van der Waals surface area contributed by atoms with Crippen LogP contribution in [0.1, 0.15) is 26.3 Å². The maximum Gasteiger partial charge on any atom is 0.226 e. The van der Waals surface area contributed by atoms with Gasteiger partial charge in [0.05, 0.1) is 16.8 Å². The summed E-state index contributed by atoms with van der Waals surface area (Å²) in [5.74, 6) is -2.81. The van der Waals surface area contributed by atoms with Crippen molar-refractivity contribution in [1.29, 1.82) is 0 Å². The zero-order valence-electron chi connectivity index (χ0n) is 22.3. The molecule has 0 aliphatic heterocycles. The van der Waals surface area contributed by atoms with E-state index in [9.17, 15) is 17.6 Å². The number of hydrogen-bond donors (Lipinski definition) is 0. The molecule has 0 N–H and O–H groups in total. The van der Waals surface area contributed by atoms with Crippen LogP contribution in [0.3, 0.4) is 0 Å². The fraction of sp³-hybridized carbons (Fsp3) is 0.200. The monoisotopic (exact) mass is 546 g/mol. The van der Waals surface area contributed by atoms with Gasteiger partial charge in [-0.1, -0.05) is 39.0 Å². The van der Waals surface area contributed by atoms with Gasteiger partial charge in [-0.2, -0.15) is 27.5 Å². The lowest BCUT2D eigenvalue weighted by molar-refractivity contribution is 0.411. The molecule has 0 fully saturated rings. The first-order valence-corrected chi connectivity index (χ1v) is 12.5. The molecule has 0 saturated carbocycles. The zero-order chi connectivity index (χ0) is 28.6. The summed E-state index contributed by atoms with van der Waals surface area (Å²) in [6.45, 7) is 6.24. The number of aromatic nitrogens is 5. The molecule has 4 heterocycles. The van der Waals surface area contributed by atoms with E-state index in [0.29, 0.717) is 23.7 Å². The Morgan fingerprint density at radius 2 is 1.35 bits per heavy atom. The van der Waals surface area contributed by atoms with Gasteiger partial charge in [0.2, 0.25) is 23.8 Å². The summed E-state index contributed by atoms with van der Waals surface area (Å²) < 4.78 is 58.1. The van der Waals surface area contributed by atoms with E-state index in [4.69, 9.17) is 4.98 Å². The molecular formula is C30H26F4N6. The van der Waals surface area contributed by atoms with E-state index in [-0.39, 0.29) is 28.1 Å². The van der Waals surface area contributed by atoms with E-state index in [0.717, 1.165) is 17.7 Å². The standard InChI is InChI=1S/C30H26F4N6/c1-30(2,3)16-18-14-22(20-10-12-23(31)36-27(20)33)35-25(15-18)40(19-8-6-5-7-9-19)26-17-39(4)29(38-26)21-11-13-24(32)37-28(21)34/h5-15,17H,16H2,1-4H3. The lowest BCUT2D eigenvalue weighted by Crippen LogP contribution is -2.15. The highest BCUT2D eigenvalue weighted by Gasteiger charge is 2.23. The number of nitrogens with zero attached hydrogens (tertiary/aromatic N) is 6. The molecule has 5 aromatic rings. The molecule has 1 aromatic carbocycles. The highest BCUT2D eigenvalue weighted by atomic mass is 19.1. The van der Waals surface area contributed by atoms with Crippen molar-refractivity contribution in [2.45, 2.75) is 27.2 Å². The van der Waals surface area contributed by atoms with Gasteiger partial charge in [0.1, 0.15) is 11.6 Å². The smallest absolute Gasteiger partial charge is 0.226 e. The van der Waals surface area contributed by atoms with Crippen LogP contribution in [0.4, 0.5) is 34.9 Å². The second-order valence-corrected chi connectivity index (χ2v) is 10.6. The number of hydrogen-bond acceptors (Lipinski definition) is 5. The molecule has 0 amide bonds. The predicted molar refractivity (Wildman–Crippen MR) is 145 cm³/mol. The molecule has 6 nitrogen and oxygen atoms in total. The summed E-state index contributed by atoms with van der Waals surface area (Å²) in [6, 6.07) is 17.6. The Morgan fingerprint density at radius 3 is 1.95 bits per heavy atom. The average Bonchev–Trinajstić information content (AvgIpc) is 3.24. The minimum atomic E-state index is -0.988. The number of imidazole rings is 1. The summed E-state index contributed by atoms with van der Waals surface area (Å²) in [5, 5.41) is 0. The fourth-order valence-corrected chi connectivity index (χ4v) is 4.49. The molecule has 0 atom stereocenters. The lowest BCUT2D eigenvalue weighted by Gasteiger charge is -2.24. The number of aryl methyl sites for hydroxylation is 1. The molecule has 0 spiro atoms. The van der Waals surface area contributed by atoms with Gasteiger partial charge in [-0.3, -0.25) is 4.90 Å². The van der Waals surface area contributed by atoms with Crippen LogP contribution in [0.5, 0.6) is 0 Å². The summed E-state index contributed by atoms with van der Waals surface area (Å²) in [4.78, 5) is 17.8. The Balaban J connectivity index is 1.72. The molecule has 40 heavy (non-hydrogen) atoms. The molecule has 0 aliphatic carbocycles. The number of halogens is 4. The predicted octanol–water partition coefficient (Wildman–Crippen LogP) is 7.55. The Labute approximate surface area is 229 Å². The second-order valence-electron chi connectivity index (χ2n) is 10.6. The minimum Gasteiger partial charge on any atom is -0.332 e. The normalized spacial score (nSPS) is 11.6. The molecule has 0 unspecified atom stereocenters. The lowest BCUT2D eigenvalue weighted by atomic mass is 9.88. The molecule has 0 saturated heterocycles. The van der Waals surface area contributed by atoms with Gasteiger partial charge in [0, 0.05) is 18.9 Å². The first kappa shape index (κ1) is 27.0. The first-order valence-electron chi connectivity index (χ1n) is 12.5. The molecule has 0 radical (unpaired) electrons. The van der Waals surface area contributed by atoms with Crippen molar-refractivity contribution in [2.24, 2.45) is 12.5 Å². The number of rotatable bonds is 6. The van der Waals surface area contributed by atoms with Crippen molar-refractivity contribution in [3.05, 3.63) is 102 Å². The second kappa shape index (κ2) is 10.5. The minimum absolute atomic E-state index is 0.0257. The maximum absolute atomic E-state index is 14.8. The topological polar surface area (TPSA) is 59.7 Å². The van der Waals surface area contributed by atoms with Crippen LogP contribution in [0.15, 0.2) is 72.9 Å². The van der Waals surface area contributed by atoms with Crippen LogP contribution in [-0.4, -0.2) is 24.5 Å². The van der Waals surface area contributed by atoms with Gasteiger partial charge in [0.25, 0.3) is 0 Å². The number of anilines is 3. The third kappa shape index (κ3) is 5.70. The van der Waals surface area contributed by atoms with E-state index in [1.165, 1.54) is 12.1 Å². The highest BCUT2D eigenvalue weighted by Crippen LogP contribution is 2.37. The number of benzene rings is 1.